The second kappa shape index (κ2) is 7.33. The summed E-state index contributed by atoms with van der Waals surface area (Å²) in [6.45, 7) is 1.77. The van der Waals surface area contributed by atoms with Gasteiger partial charge in [0, 0.05) is 17.7 Å². The molecule has 5 N–H and O–H groups in total. The molecular formula is C19H17N5O4S. The molecule has 0 radical (unpaired) electrons. The highest BCUT2D eigenvalue weighted by atomic mass is 32.2. The summed E-state index contributed by atoms with van der Waals surface area (Å²) in [7, 11) is 0. The number of phenols is 1. The predicted octanol–water partition coefficient (Wildman–Crippen LogP) is 1.77. The first-order valence-electron chi connectivity index (χ1n) is 8.63. The van der Waals surface area contributed by atoms with Crippen LogP contribution in [0.15, 0.2) is 53.5 Å². The molecule has 2 heterocycles. The van der Waals surface area contributed by atoms with Gasteiger partial charge >= 0.3 is 0 Å². The highest BCUT2D eigenvalue weighted by Gasteiger charge is 2.32. The minimum atomic E-state index is -1.01. The quantitative estimate of drug-likeness (QED) is 0.481. The number of nitrogens with two attached hydrogens (primary N) is 1. The number of aromatic hydroxyl groups is 1. The minimum absolute atomic E-state index is 0.104. The molecule has 0 saturated carbocycles. The number of aliphatic imine (C=N–C) groups is 1. The first-order valence-corrected chi connectivity index (χ1v) is 9.51. The maximum Gasteiger partial charge on any atom is 0.283 e. The summed E-state index contributed by atoms with van der Waals surface area (Å²) in [6.07, 6.45) is 0. The smallest absolute Gasteiger partial charge is 0.283 e. The molecule has 0 saturated heterocycles. The van der Waals surface area contributed by atoms with Crippen LogP contribution in [0, 0.1) is 12.1 Å². The van der Waals surface area contributed by atoms with Gasteiger partial charge in [-0.15, -0.1) is 0 Å². The average molecular weight is 411 g/mol. The highest BCUT2D eigenvalue weighted by molar-refractivity contribution is 8.14. The summed E-state index contributed by atoms with van der Waals surface area (Å²) >= 11 is 1.30. The van der Waals surface area contributed by atoms with Crippen molar-refractivity contribution in [1.29, 1.82) is 0 Å². The number of nitrogens with one attached hydrogen (secondary N) is 1. The van der Waals surface area contributed by atoms with Crippen molar-refractivity contribution in [1.82, 2.24) is 9.78 Å². The fourth-order valence-electron chi connectivity index (χ4n) is 3.20. The molecule has 2 atom stereocenters. The first kappa shape index (κ1) is 19.2. The number of benzene rings is 2. The standard InChI is InChI=1S/C19H17N5O4S/c1-10-15-16(11-6-8-12(9-7-11)24(27)28)29-19(20)21-17(15)23(22-10)18(26)13-4-2-3-5-14(13)25/h2-9,16,24-25,27H,1H3,(H2,20,21). The molecule has 1 aliphatic heterocycles. The Morgan fingerprint density at radius 2 is 1.93 bits per heavy atom. The second-order valence-corrected chi connectivity index (χ2v) is 7.56. The Balaban J connectivity index is 1.80. The number of aromatic nitrogens is 2. The Bertz CT molecular complexity index is 1120. The molecule has 0 aliphatic carbocycles. The van der Waals surface area contributed by atoms with Gasteiger partial charge < -0.3 is 16.0 Å². The van der Waals surface area contributed by atoms with Gasteiger partial charge in [-0.1, -0.05) is 36.0 Å². The second-order valence-electron chi connectivity index (χ2n) is 6.43. The fourth-order valence-corrected chi connectivity index (χ4v) is 4.27. The largest absolute Gasteiger partial charge is 0.595 e. The van der Waals surface area contributed by atoms with E-state index in [0.717, 1.165) is 15.8 Å². The monoisotopic (exact) mass is 411 g/mol. The number of nitrogens with zero attached hydrogens (tertiary/aromatic N) is 3. The zero-order valence-corrected chi connectivity index (χ0v) is 16.1. The molecule has 3 aromatic rings. The number of thioether (sulfide) groups is 1. The maximum atomic E-state index is 13.0. The van der Waals surface area contributed by atoms with E-state index in [2.05, 4.69) is 10.1 Å². The molecule has 4 rings (SSSR count). The molecule has 0 amide bonds. The van der Waals surface area contributed by atoms with Gasteiger partial charge in [0.15, 0.2) is 16.7 Å². The van der Waals surface area contributed by atoms with Crippen LogP contribution in [0.1, 0.15) is 32.4 Å². The third kappa shape index (κ3) is 3.38. The summed E-state index contributed by atoms with van der Waals surface area (Å²) in [6, 6.07) is 12.7. The number of rotatable bonds is 3. The Hall–Kier alpha value is -3.18. The summed E-state index contributed by atoms with van der Waals surface area (Å²) in [5, 5.41) is 33.6. The number of hydrogen-bond acceptors (Lipinski definition) is 8. The van der Waals surface area contributed by atoms with E-state index in [-0.39, 0.29) is 27.4 Å². The van der Waals surface area contributed by atoms with Gasteiger partial charge in [-0.25, -0.2) is 10.2 Å². The lowest BCUT2D eigenvalue weighted by molar-refractivity contribution is -0.991. The van der Waals surface area contributed by atoms with Crippen molar-refractivity contribution in [3.05, 3.63) is 76.1 Å². The van der Waals surface area contributed by atoms with E-state index in [0.29, 0.717) is 11.5 Å². The number of fused-ring (bicyclic) bond motifs is 1. The molecule has 10 heteroatoms. The van der Waals surface area contributed by atoms with Crippen molar-refractivity contribution in [3.63, 3.8) is 0 Å². The number of aryl methyl sites for hydroxylation is 1. The van der Waals surface area contributed by atoms with Gasteiger partial charge in [0.05, 0.1) is 16.5 Å². The van der Waals surface area contributed by atoms with Crippen molar-refractivity contribution >= 4 is 34.3 Å². The normalized spacial score (nSPS) is 16.8. The molecule has 2 aromatic carbocycles. The predicted molar refractivity (Wildman–Crippen MR) is 108 cm³/mol. The Morgan fingerprint density at radius 3 is 2.59 bits per heavy atom. The van der Waals surface area contributed by atoms with Crippen LogP contribution >= 0.6 is 11.8 Å². The molecule has 9 nitrogen and oxygen atoms in total. The molecule has 2 unspecified atom stereocenters. The van der Waals surface area contributed by atoms with Crippen molar-refractivity contribution in [2.24, 2.45) is 10.7 Å². The lowest BCUT2D eigenvalue weighted by Gasteiger charge is -2.22. The third-order valence-corrected chi connectivity index (χ3v) is 5.66. The zero-order valence-electron chi connectivity index (χ0n) is 15.2. The number of phenolic OH excluding ortho intramolecular Hbond substituents is 1. The van der Waals surface area contributed by atoms with E-state index >= 15 is 0 Å². The molecule has 0 fully saturated rings. The van der Waals surface area contributed by atoms with E-state index in [1.165, 1.54) is 36.0 Å². The van der Waals surface area contributed by atoms with E-state index in [4.69, 9.17) is 10.9 Å². The molecular weight excluding hydrogens is 394 g/mol. The van der Waals surface area contributed by atoms with Crippen molar-refractivity contribution in [2.45, 2.75) is 12.2 Å². The van der Waals surface area contributed by atoms with Gasteiger partial charge in [0.2, 0.25) is 0 Å². The fraction of sp³-hybridized carbons (Fsp3) is 0.105. The molecule has 148 valence electrons. The van der Waals surface area contributed by atoms with Crippen LogP contribution in [0.2, 0.25) is 0 Å². The Morgan fingerprint density at radius 1 is 1.24 bits per heavy atom. The number of carbonyl (C=O) groups is 1. The first-order chi connectivity index (χ1) is 13.9. The number of hydrogen-bond donors (Lipinski definition) is 4. The van der Waals surface area contributed by atoms with E-state index in [9.17, 15) is 15.1 Å². The van der Waals surface area contributed by atoms with E-state index in [1.54, 1.807) is 31.2 Å². The van der Waals surface area contributed by atoms with Gasteiger partial charge in [0.1, 0.15) is 5.75 Å². The maximum absolute atomic E-state index is 13.0. The van der Waals surface area contributed by atoms with E-state index in [1.807, 2.05) is 0 Å². The summed E-state index contributed by atoms with van der Waals surface area (Å²) in [5.41, 5.74) is 8.43. The number of quaternary nitrogens is 1. The van der Waals surface area contributed by atoms with Crippen LogP contribution in [-0.4, -0.2) is 31.2 Å². The van der Waals surface area contributed by atoms with Gasteiger partial charge in [-0.2, -0.15) is 15.0 Å². The van der Waals surface area contributed by atoms with Crippen molar-refractivity contribution in [2.75, 3.05) is 0 Å². The van der Waals surface area contributed by atoms with Gasteiger partial charge in [0.25, 0.3) is 5.91 Å². The van der Waals surface area contributed by atoms with Crippen LogP contribution in [-0.2, 0) is 0 Å². The lowest BCUT2D eigenvalue weighted by atomic mass is 10.0. The van der Waals surface area contributed by atoms with E-state index < -0.39 is 11.1 Å². The molecule has 0 bridgehead atoms. The van der Waals surface area contributed by atoms with Crippen LogP contribution < -0.4 is 11.0 Å². The van der Waals surface area contributed by atoms with Crippen LogP contribution in [0.25, 0.3) is 0 Å². The highest BCUT2D eigenvalue weighted by Crippen LogP contribution is 2.46. The molecule has 0 spiro atoms. The SMILES string of the molecule is Cc1nn(C(=O)c2ccccc2O)c2c1C(c1ccc([NH+]([O-])O)cc1)SC(N)=N2. The average Bonchev–Trinajstić information content (AvgIpc) is 3.03. The number of para-hydroxylation sites is 1. The minimum Gasteiger partial charge on any atom is -0.595 e. The van der Waals surface area contributed by atoms with Gasteiger partial charge in [-0.3, -0.25) is 4.79 Å². The summed E-state index contributed by atoms with van der Waals surface area (Å²) in [5.74, 6) is -0.363. The summed E-state index contributed by atoms with van der Waals surface area (Å²) < 4.78 is 1.14. The van der Waals surface area contributed by atoms with Crippen molar-refractivity contribution < 1.29 is 20.3 Å². The number of carbonyl (C=O) groups excluding carboxylic acids is 1. The van der Waals surface area contributed by atoms with Crippen LogP contribution in [0.3, 0.4) is 0 Å². The molecule has 1 aromatic heterocycles. The number of amidine groups is 1. The molecule has 29 heavy (non-hydrogen) atoms. The molecule has 1 aliphatic rings. The summed E-state index contributed by atoms with van der Waals surface area (Å²) in [4.78, 5) is 17.3. The van der Waals surface area contributed by atoms with Crippen LogP contribution in [0.5, 0.6) is 5.75 Å². The van der Waals surface area contributed by atoms with Crippen molar-refractivity contribution in [3.8, 4) is 5.75 Å². The third-order valence-electron chi connectivity index (χ3n) is 4.59. The lowest BCUT2D eigenvalue weighted by Crippen LogP contribution is -2.99. The zero-order chi connectivity index (χ0) is 20.7. The Labute approximate surface area is 169 Å². The van der Waals surface area contributed by atoms with Gasteiger partial charge in [-0.05, 0) is 24.6 Å². The topological polar surface area (TPSA) is 141 Å². The Kier molecular flexibility index (Phi) is 4.84. The van der Waals surface area contributed by atoms with Crippen LogP contribution in [0.4, 0.5) is 11.5 Å².